The molecule has 0 amide bonds. The van der Waals surface area contributed by atoms with Crippen LogP contribution >= 0.6 is 0 Å². The zero-order chi connectivity index (χ0) is 18.9. The van der Waals surface area contributed by atoms with Crippen LogP contribution < -0.4 is 0 Å². The van der Waals surface area contributed by atoms with E-state index < -0.39 is 0 Å². The van der Waals surface area contributed by atoms with Crippen molar-refractivity contribution in [2.24, 2.45) is 5.92 Å². The first-order valence-corrected chi connectivity index (χ1v) is 9.90. The second-order valence-electron chi connectivity index (χ2n) is 8.01. The molecular weight excluding hydrogens is 336 g/mol. The quantitative estimate of drug-likeness (QED) is 0.746. The summed E-state index contributed by atoms with van der Waals surface area (Å²) in [5, 5.41) is 0. The van der Waals surface area contributed by atoms with E-state index in [2.05, 4.69) is 30.3 Å². The summed E-state index contributed by atoms with van der Waals surface area (Å²) in [7, 11) is 1.42. The average Bonchev–Trinajstić information content (AvgIpc) is 2.84. The van der Waals surface area contributed by atoms with Gasteiger partial charge in [0.1, 0.15) is 5.78 Å². The zero-order valence-electron chi connectivity index (χ0n) is 15.9. The summed E-state index contributed by atoms with van der Waals surface area (Å²) in [6.07, 6.45) is 6.28. The summed E-state index contributed by atoms with van der Waals surface area (Å²) in [6.45, 7) is 0. The molecule has 3 nitrogen and oxygen atoms in total. The van der Waals surface area contributed by atoms with Crippen LogP contribution in [-0.2, 0) is 27.8 Å². The van der Waals surface area contributed by atoms with E-state index in [-0.39, 0.29) is 11.4 Å². The van der Waals surface area contributed by atoms with Crippen molar-refractivity contribution in [3.8, 4) is 0 Å². The van der Waals surface area contributed by atoms with Gasteiger partial charge in [0.25, 0.3) is 0 Å². The van der Waals surface area contributed by atoms with Gasteiger partial charge in [-0.05, 0) is 66.8 Å². The number of rotatable bonds is 3. The third-order valence-electron chi connectivity index (χ3n) is 6.53. The number of aryl methyl sites for hydroxylation is 1. The average molecular weight is 362 g/mol. The predicted octanol–water partition coefficient (Wildman–Crippen LogP) is 4.66. The van der Waals surface area contributed by atoms with Crippen LogP contribution in [0.25, 0.3) is 0 Å². The third kappa shape index (κ3) is 3.31. The molecule has 0 aliphatic heterocycles. The van der Waals surface area contributed by atoms with Crippen molar-refractivity contribution in [3.63, 3.8) is 0 Å². The summed E-state index contributed by atoms with van der Waals surface area (Å²) in [6, 6.07) is 16.7. The molecule has 0 spiro atoms. The highest BCUT2D eigenvalue weighted by molar-refractivity contribution is 5.89. The Bertz CT molecular complexity index is 855. The number of hydrogen-bond acceptors (Lipinski definition) is 3. The maximum absolute atomic E-state index is 12.3. The van der Waals surface area contributed by atoms with Gasteiger partial charge in [0.05, 0.1) is 12.7 Å². The van der Waals surface area contributed by atoms with Crippen molar-refractivity contribution in [1.82, 2.24) is 0 Å². The van der Waals surface area contributed by atoms with Crippen molar-refractivity contribution < 1.29 is 14.3 Å². The number of carbonyl (C=O) groups excluding carboxylic acids is 2. The fraction of sp³-hybridized carbons (Fsp3) is 0.417. The van der Waals surface area contributed by atoms with E-state index >= 15 is 0 Å². The van der Waals surface area contributed by atoms with Crippen LogP contribution in [-0.4, -0.2) is 18.9 Å². The van der Waals surface area contributed by atoms with E-state index in [0.717, 1.165) is 32.1 Å². The van der Waals surface area contributed by atoms with Crippen molar-refractivity contribution in [2.45, 2.75) is 50.4 Å². The van der Waals surface area contributed by atoms with Crippen LogP contribution in [0.1, 0.15) is 59.2 Å². The second-order valence-corrected chi connectivity index (χ2v) is 8.01. The SMILES string of the molecule is COC(=O)c1ccc2c(c1)CCC[C@@H]1CC(=O)CC[C@]21Cc1ccccc1. The van der Waals surface area contributed by atoms with Crippen LogP contribution in [0.3, 0.4) is 0 Å². The minimum Gasteiger partial charge on any atom is -0.465 e. The monoisotopic (exact) mass is 362 g/mol. The van der Waals surface area contributed by atoms with Crippen LogP contribution in [0.2, 0.25) is 0 Å². The van der Waals surface area contributed by atoms with Crippen molar-refractivity contribution in [3.05, 3.63) is 70.8 Å². The Morgan fingerprint density at radius 1 is 1.15 bits per heavy atom. The third-order valence-corrected chi connectivity index (χ3v) is 6.53. The van der Waals surface area contributed by atoms with E-state index in [1.54, 1.807) is 0 Å². The Morgan fingerprint density at radius 3 is 2.74 bits per heavy atom. The first kappa shape index (κ1) is 18.0. The molecule has 0 saturated heterocycles. The smallest absolute Gasteiger partial charge is 0.337 e. The Balaban J connectivity index is 1.82. The Labute approximate surface area is 160 Å². The van der Waals surface area contributed by atoms with E-state index in [1.807, 2.05) is 18.2 Å². The van der Waals surface area contributed by atoms with E-state index in [4.69, 9.17) is 4.74 Å². The molecule has 1 fully saturated rings. The first-order valence-electron chi connectivity index (χ1n) is 9.90. The molecular formula is C24H26O3. The maximum atomic E-state index is 12.3. The lowest BCUT2D eigenvalue weighted by Gasteiger charge is -2.44. The van der Waals surface area contributed by atoms with Gasteiger partial charge in [-0.3, -0.25) is 4.79 Å². The van der Waals surface area contributed by atoms with Gasteiger partial charge in [-0.15, -0.1) is 0 Å². The number of methoxy groups -OCH3 is 1. The molecule has 0 bridgehead atoms. The molecule has 4 rings (SSSR count). The molecule has 27 heavy (non-hydrogen) atoms. The molecule has 2 aromatic carbocycles. The van der Waals surface area contributed by atoms with Gasteiger partial charge in [-0.2, -0.15) is 0 Å². The zero-order valence-corrected chi connectivity index (χ0v) is 15.9. The molecule has 0 unspecified atom stereocenters. The lowest BCUT2D eigenvalue weighted by molar-refractivity contribution is -0.123. The van der Waals surface area contributed by atoms with Crippen LogP contribution in [0.15, 0.2) is 48.5 Å². The topological polar surface area (TPSA) is 43.4 Å². The van der Waals surface area contributed by atoms with Gasteiger partial charge in [0, 0.05) is 18.3 Å². The molecule has 2 aromatic rings. The molecule has 0 radical (unpaired) electrons. The van der Waals surface area contributed by atoms with Crippen molar-refractivity contribution in [1.29, 1.82) is 0 Å². The summed E-state index contributed by atoms with van der Waals surface area (Å²) >= 11 is 0. The molecule has 0 heterocycles. The van der Waals surface area contributed by atoms with Gasteiger partial charge >= 0.3 is 5.97 Å². The van der Waals surface area contributed by atoms with Crippen LogP contribution in [0.4, 0.5) is 0 Å². The van der Waals surface area contributed by atoms with Gasteiger partial charge in [-0.1, -0.05) is 36.4 Å². The number of ketones is 1. The number of esters is 1. The molecule has 0 aromatic heterocycles. The Morgan fingerprint density at radius 2 is 1.96 bits per heavy atom. The summed E-state index contributed by atoms with van der Waals surface area (Å²) in [5.41, 5.74) is 4.52. The van der Waals surface area contributed by atoms with Gasteiger partial charge in [0.2, 0.25) is 0 Å². The van der Waals surface area contributed by atoms with Gasteiger partial charge in [0.15, 0.2) is 0 Å². The lowest BCUT2D eigenvalue weighted by Crippen LogP contribution is -2.42. The van der Waals surface area contributed by atoms with Crippen molar-refractivity contribution in [2.75, 3.05) is 7.11 Å². The summed E-state index contributed by atoms with van der Waals surface area (Å²) < 4.78 is 4.92. The first-order chi connectivity index (χ1) is 13.1. The number of fused-ring (bicyclic) bond motifs is 3. The van der Waals surface area contributed by atoms with E-state index in [0.29, 0.717) is 30.1 Å². The van der Waals surface area contributed by atoms with E-state index in [1.165, 1.54) is 23.8 Å². The normalized spacial score (nSPS) is 24.5. The molecule has 140 valence electrons. The predicted molar refractivity (Wildman–Crippen MR) is 105 cm³/mol. The van der Waals surface area contributed by atoms with Gasteiger partial charge < -0.3 is 4.74 Å². The minimum absolute atomic E-state index is 0.0181. The lowest BCUT2D eigenvalue weighted by atomic mass is 9.59. The number of carbonyl (C=O) groups is 2. The number of benzene rings is 2. The van der Waals surface area contributed by atoms with Gasteiger partial charge in [-0.25, -0.2) is 4.79 Å². The highest BCUT2D eigenvalue weighted by Gasteiger charge is 2.46. The fourth-order valence-electron chi connectivity index (χ4n) is 5.23. The maximum Gasteiger partial charge on any atom is 0.337 e. The van der Waals surface area contributed by atoms with Crippen LogP contribution in [0.5, 0.6) is 0 Å². The fourth-order valence-corrected chi connectivity index (χ4v) is 5.23. The number of hydrogen-bond donors (Lipinski definition) is 0. The standard InChI is InChI=1S/C24H26O3/c1-27-23(26)19-10-11-22-18(14-19)8-5-9-20-15-21(25)12-13-24(20,22)16-17-6-3-2-4-7-17/h2-4,6-7,10-11,14,20H,5,8-9,12-13,15-16H2,1H3/t20-,24-/m1/s1. The molecule has 2 aliphatic carbocycles. The minimum atomic E-state index is -0.283. The molecule has 3 heteroatoms. The number of Topliss-reactive ketones (excluding diaryl/α,β-unsaturated/α-hetero) is 1. The highest BCUT2D eigenvalue weighted by atomic mass is 16.5. The molecule has 1 saturated carbocycles. The molecule has 2 aliphatic rings. The molecule has 2 atom stereocenters. The molecule has 0 N–H and O–H groups in total. The largest absolute Gasteiger partial charge is 0.465 e. The summed E-state index contributed by atoms with van der Waals surface area (Å²) in [4.78, 5) is 24.3. The second kappa shape index (κ2) is 7.30. The van der Waals surface area contributed by atoms with Crippen molar-refractivity contribution >= 4 is 11.8 Å². The van der Waals surface area contributed by atoms with E-state index in [9.17, 15) is 9.59 Å². The highest BCUT2D eigenvalue weighted by Crippen LogP contribution is 2.50. The Kier molecular flexibility index (Phi) is 4.86. The van der Waals surface area contributed by atoms with Crippen LogP contribution in [0, 0.1) is 5.92 Å². The summed E-state index contributed by atoms with van der Waals surface area (Å²) in [5.74, 6) is 0.497. The number of ether oxygens (including phenoxy) is 1. The Hall–Kier alpha value is -2.42.